The van der Waals surface area contributed by atoms with Gasteiger partial charge in [-0.25, -0.2) is 13.6 Å². The average Bonchev–Trinajstić information content (AvgIpc) is 2.46. The van der Waals surface area contributed by atoms with Gasteiger partial charge in [0.25, 0.3) is 0 Å². The van der Waals surface area contributed by atoms with Crippen LogP contribution < -0.4 is 10.5 Å². The van der Waals surface area contributed by atoms with Crippen LogP contribution in [0.4, 0.5) is 0 Å². The molecule has 0 aromatic carbocycles. The molecule has 0 saturated carbocycles. The Morgan fingerprint density at radius 1 is 1.57 bits per heavy atom. The molecular weight excluding hydrogens is 220 g/mol. The zero-order valence-electron chi connectivity index (χ0n) is 8.15. The quantitative estimate of drug-likeness (QED) is 0.812. The molecule has 0 radical (unpaired) electrons. The van der Waals surface area contributed by atoms with Gasteiger partial charge >= 0.3 is 0 Å². The summed E-state index contributed by atoms with van der Waals surface area (Å²) < 4.78 is 22.2. The molecule has 0 fully saturated rings. The average molecular weight is 234 g/mol. The van der Waals surface area contributed by atoms with Crippen LogP contribution in [0, 0.1) is 0 Å². The van der Waals surface area contributed by atoms with Crippen molar-refractivity contribution in [2.24, 2.45) is 5.14 Å². The number of rotatable bonds is 4. The molecule has 1 aromatic heterocycles. The van der Waals surface area contributed by atoms with Crippen molar-refractivity contribution in [3.63, 3.8) is 0 Å². The van der Waals surface area contributed by atoms with E-state index in [2.05, 4.69) is 5.32 Å². The lowest BCUT2D eigenvalue weighted by atomic mass is 10.4. The highest BCUT2D eigenvalue weighted by atomic mass is 32.2. The highest BCUT2D eigenvalue weighted by Crippen LogP contribution is 2.20. The van der Waals surface area contributed by atoms with Gasteiger partial charge in [-0.05, 0) is 11.4 Å². The Morgan fingerprint density at radius 2 is 2.21 bits per heavy atom. The van der Waals surface area contributed by atoms with Crippen LogP contribution in [0.15, 0.2) is 16.3 Å². The van der Waals surface area contributed by atoms with E-state index >= 15 is 0 Å². The molecule has 1 heterocycles. The first kappa shape index (κ1) is 11.6. The van der Waals surface area contributed by atoms with Crippen molar-refractivity contribution in [2.75, 3.05) is 0 Å². The first-order valence-corrected chi connectivity index (χ1v) is 6.66. The van der Waals surface area contributed by atoms with Crippen LogP contribution in [0.3, 0.4) is 0 Å². The maximum atomic E-state index is 11.1. The van der Waals surface area contributed by atoms with Crippen LogP contribution in [0.2, 0.25) is 0 Å². The first-order chi connectivity index (χ1) is 6.41. The van der Waals surface area contributed by atoms with E-state index in [1.165, 1.54) is 17.4 Å². The Kier molecular flexibility index (Phi) is 3.65. The second kappa shape index (κ2) is 4.39. The lowest BCUT2D eigenvalue weighted by Crippen LogP contribution is -2.23. The maximum absolute atomic E-state index is 11.1. The van der Waals surface area contributed by atoms with E-state index in [-0.39, 0.29) is 4.90 Å². The smallest absolute Gasteiger partial charge is 0.239 e. The third-order valence-corrected chi connectivity index (χ3v) is 3.73. The zero-order chi connectivity index (χ0) is 10.8. The molecule has 14 heavy (non-hydrogen) atoms. The molecule has 4 nitrogen and oxygen atoms in total. The monoisotopic (exact) mass is 234 g/mol. The molecule has 1 aromatic rings. The van der Waals surface area contributed by atoms with Crippen molar-refractivity contribution in [2.45, 2.75) is 31.3 Å². The van der Waals surface area contributed by atoms with Gasteiger partial charge in [-0.1, -0.05) is 13.8 Å². The molecule has 0 atom stereocenters. The molecule has 0 aliphatic carbocycles. The Bertz CT molecular complexity index is 395. The van der Waals surface area contributed by atoms with Crippen LogP contribution in [0.25, 0.3) is 0 Å². The summed E-state index contributed by atoms with van der Waals surface area (Å²) in [6.45, 7) is 4.55. The van der Waals surface area contributed by atoms with Gasteiger partial charge in [0, 0.05) is 17.5 Å². The summed E-state index contributed by atoms with van der Waals surface area (Å²) in [6, 6.07) is 1.86. The summed E-state index contributed by atoms with van der Waals surface area (Å²) in [5.74, 6) is 0. The van der Waals surface area contributed by atoms with E-state index in [0.717, 1.165) is 4.88 Å². The molecule has 0 spiro atoms. The van der Waals surface area contributed by atoms with Crippen molar-refractivity contribution in [3.8, 4) is 0 Å². The minimum absolute atomic E-state index is 0.232. The zero-order valence-corrected chi connectivity index (χ0v) is 9.78. The SMILES string of the molecule is CC(C)NCc1sccc1S(N)(=O)=O. The Morgan fingerprint density at radius 3 is 2.71 bits per heavy atom. The van der Waals surface area contributed by atoms with E-state index in [4.69, 9.17) is 5.14 Å². The lowest BCUT2D eigenvalue weighted by Gasteiger charge is -2.07. The van der Waals surface area contributed by atoms with Gasteiger partial charge in [0.15, 0.2) is 0 Å². The molecule has 0 aliphatic rings. The number of thiophene rings is 1. The van der Waals surface area contributed by atoms with Gasteiger partial charge in [-0.15, -0.1) is 11.3 Å². The van der Waals surface area contributed by atoms with E-state index in [0.29, 0.717) is 12.6 Å². The number of primary sulfonamides is 1. The minimum Gasteiger partial charge on any atom is -0.310 e. The first-order valence-electron chi connectivity index (χ1n) is 4.24. The molecule has 0 amide bonds. The highest BCUT2D eigenvalue weighted by molar-refractivity contribution is 7.89. The van der Waals surface area contributed by atoms with E-state index < -0.39 is 10.0 Å². The van der Waals surface area contributed by atoms with Crippen LogP contribution in [0.5, 0.6) is 0 Å². The summed E-state index contributed by atoms with van der Waals surface area (Å²) in [6.07, 6.45) is 0. The molecular formula is C8H14N2O2S2. The van der Waals surface area contributed by atoms with Gasteiger partial charge in [-0.3, -0.25) is 0 Å². The number of hydrogen-bond donors (Lipinski definition) is 2. The molecule has 0 bridgehead atoms. The molecule has 1 rings (SSSR count). The topological polar surface area (TPSA) is 72.2 Å². The van der Waals surface area contributed by atoms with E-state index in [9.17, 15) is 8.42 Å². The fourth-order valence-corrected chi connectivity index (χ4v) is 2.95. The molecule has 6 heteroatoms. The van der Waals surface area contributed by atoms with Gasteiger partial charge in [0.2, 0.25) is 10.0 Å². The standard InChI is InChI=1S/C8H14N2O2S2/c1-6(2)10-5-7-8(3-4-13-7)14(9,11)12/h3-4,6,10H,5H2,1-2H3,(H2,9,11,12). The predicted octanol–water partition coefficient (Wildman–Crippen LogP) is 0.894. The van der Waals surface area contributed by atoms with Crippen LogP contribution >= 0.6 is 11.3 Å². The number of hydrogen-bond acceptors (Lipinski definition) is 4. The van der Waals surface area contributed by atoms with Crippen molar-refractivity contribution in [1.29, 1.82) is 0 Å². The Labute approximate surface area is 88.2 Å². The Balaban J connectivity index is 2.84. The van der Waals surface area contributed by atoms with Crippen molar-refractivity contribution in [1.82, 2.24) is 5.32 Å². The fraction of sp³-hybridized carbons (Fsp3) is 0.500. The normalized spacial score (nSPS) is 12.3. The van der Waals surface area contributed by atoms with Gasteiger partial charge in [0.1, 0.15) is 0 Å². The largest absolute Gasteiger partial charge is 0.310 e. The van der Waals surface area contributed by atoms with Crippen LogP contribution in [-0.4, -0.2) is 14.5 Å². The second-order valence-corrected chi connectivity index (χ2v) is 5.82. The summed E-state index contributed by atoms with van der Waals surface area (Å²) in [5.41, 5.74) is 0. The number of nitrogens with one attached hydrogen (secondary N) is 1. The molecule has 0 aliphatic heterocycles. The number of nitrogens with two attached hydrogens (primary N) is 1. The van der Waals surface area contributed by atoms with E-state index in [1.54, 1.807) is 5.38 Å². The third kappa shape index (κ3) is 3.06. The van der Waals surface area contributed by atoms with Gasteiger partial charge < -0.3 is 5.32 Å². The van der Waals surface area contributed by atoms with Gasteiger partial charge in [-0.2, -0.15) is 0 Å². The van der Waals surface area contributed by atoms with Crippen molar-refractivity contribution in [3.05, 3.63) is 16.3 Å². The Hall–Kier alpha value is -0.430. The molecule has 0 saturated heterocycles. The van der Waals surface area contributed by atoms with E-state index in [1.807, 2.05) is 13.8 Å². The van der Waals surface area contributed by atoms with Crippen molar-refractivity contribution >= 4 is 21.4 Å². The molecule has 0 unspecified atom stereocenters. The lowest BCUT2D eigenvalue weighted by molar-refractivity contribution is 0.580. The number of sulfonamides is 1. The van der Waals surface area contributed by atoms with Crippen LogP contribution in [-0.2, 0) is 16.6 Å². The summed E-state index contributed by atoms with van der Waals surface area (Å²) in [5, 5.41) is 9.94. The van der Waals surface area contributed by atoms with Gasteiger partial charge in [0.05, 0.1) is 4.90 Å². The molecule has 3 N–H and O–H groups in total. The summed E-state index contributed by atoms with van der Waals surface area (Å²) in [7, 11) is -3.57. The minimum atomic E-state index is -3.57. The maximum Gasteiger partial charge on any atom is 0.239 e. The van der Waals surface area contributed by atoms with Crippen LogP contribution in [0.1, 0.15) is 18.7 Å². The highest BCUT2D eigenvalue weighted by Gasteiger charge is 2.14. The summed E-state index contributed by atoms with van der Waals surface area (Å²) in [4.78, 5) is 0.997. The third-order valence-electron chi connectivity index (χ3n) is 1.68. The van der Waals surface area contributed by atoms with Crippen molar-refractivity contribution < 1.29 is 8.42 Å². The summed E-state index contributed by atoms with van der Waals surface area (Å²) >= 11 is 1.40. The fourth-order valence-electron chi connectivity index (χ4n) is 1.01. The molecule has 80 valence electrons. The predicted molar refractivity (Wildman–Crippen MR) is 57.7 cm³/mol. The second-order valence-electron chi connectivity index (χ2n) is 3.29.